The highest BCUT2D eigenvalue weighted by molar-refractivity contribution is 7.26. The largest absolute Gasteiger partial charge is 0.309 e. The molecular weight excluding hydrogens is 877 g/mol. The molecule has 0 N–H and O–H groups in total. The maximum atomic E-state index is 2.48. The Morgan fingerprint density at radius 3 is 1.17 bits per heavy atom. The van der Waals surface area contributed by atoms with Crippen LogP contribution >= 0.6 is 11.3 Å². The van der Waals surface area contributed by atoms with Gasteiger partial charge >= 0.3 is 0 Å². The Balaban J connectivity index is 1.15. The van der Waals surface area contributed by atoms with Crippen molar-refractivity contribution >= 4 is 63.8 Å². The summed E-state index contributed by atoms with van der Waals surface area (Å²) in [6.07, 6.45) is 0. The van der Waals surface area contributed by atoms with E-state index in [1.807, 2.05) is 11.3 Å². The average Bonchev–Trinajstić information content (AvgIpc) is 4.20. The summed E-state index contributed by atoms with van der Waals surface area (Å²) in [5.74, 6) is 0. The minimum absolute atomic E-state index is 1.11. The topological polar surface area (TPSA) is 9.86 Å². The molecule has 0 aliphatic heterocycles. The van der Waals surface area contributed by atoms with E-state index in [4.69, 9.17) is 0 Å². The molecule has 11 aromatic carbocycles. The lowest BCUT2D eigenvalue weighted by Crippen LogP contribution is -2.02. The molecule has 3 heteroatoms. The molecular formula is C68H44N2S. The zero-order valence-electron chi connectivity index (χ0n) is 38.7. The second kappa shape index (κ2) is 16.9. The number of benzene rings is 11. The van der Waals surface area contributed by atoms with E-state index >= 15 is 0 Å². The minimum atomic E-state index is 1.11. The fourth-order valence-electron chi connectivity index (χ4n) is 11.3. The smallest absolute Gasteiger partial charge is 0.0535 e. The SMILES string of the molecule is c1ccc(-c2ccc(-c3ccccc3)n2-c2ccc3c(-c4cccc5sc6ccccc6c45)c4cc(-n5c(-c6ccccc6)ccc5-c5ccccc5)ccc4c(-c4cccc5ccccc45)c3c2)cc1. The van der Waals surface area contributed by atoms with Gasteiger partial charge in [-0.15, -0.1) is 11.3 Å². The molecule has 3 heterocycles. The third-order valence-corrected chi connectivity index (χ3v) is 15.5. The maximum Gasteiger partial charge on any atom is 0.0535 e. The van der Waals surface area contributed by atoms with Crippen LogP contribution in [0.25, 0.3) is 131 Å². The predicted octanol–water partition coefficient (Wildman–Crippen LogP) is 19.1. The van der Waals surface area contributed by atoms with Gasteiger partial charge in [-0.05, 0) is 137 Å². The van der Waals surface area contributed by atoms with E-state index in [-0.39, 0.29) is 0 Å². The Hall–Kier alpha value is -9.02. The first-order valence-electron chi connectivity index (χ1n) is 24.3. The molecule has 0 amide bonds. The van der Waals surface area contributed by atoms with Crippen molar-refractivity contribution in [2.75, 3.05) is 0 Å². The van der Waals surface area contributed by atoms with Crippen LogP contribution in [0, 0.1) is 0 Å². The van der Waals surface area contributed by atoms with E-state index < -0.39 is 0 Å². The van der Waals surface area contributed by atoms with Gasteiger partial charge in [-0.1, -0.05) is 206 Å². The molecule has 2 nitrogen and oxygen atoms in total. The third-order valence-electron chi connectivity index (χ3n) is 14.4. The van der Waals surface area contributed by atoms with Gasteiger partial charge in [0.05, 0.1) is 22.8 Å². The molecule has 0 saturated heterocycles. The van der Waals surface area contributed by atoms with E-state index in [0.29, 0.717) is 0 Å². The number of hydrogen-bond donors (Lipinski definition) is 0. The van der Waals surface area contributed by atoms with Gasteiger partial charge in [0, 0.05) is 31.5 Å². The minimum Gasteiger partial charge on any atom is -0.309 e. The van der Waals surface area contributed by atoms with Gasteiger partial charge in [0.25, 0.3) is 0 Å². The van der Waals surface area contributed by atoms with Crippen LogP contribution in [0.5, 0.6) is 0 Å². The van der Waals surface area contributed by atoms with Gasteiger partial charge in [-0.25, -0.2) is 0 Å². The summed E-state index contributed by atoms with van der Waals surface area (Å²) >= 11 is 1.88. The van der Waals surface area contributed by atoms with Crippen LogP contribution in [0.4, 0.5) is 0 Å². The van der Waals surface area contributed by atoms with E-state index in [2.05, 4.69) is 276 Å². The van der Waals surface area contributed by atoms with Gasteiger partial charge in [-0.3, -0.25) is 0 Å². The van der Waals surface area contributed by atoms with E-state index in [1.165, 1.54) is 97.0 Å². The number of thiophene rings is 1. The maximum absolute atomic E-state index is 2.48. The van der Waals surface area contributed by atoms with Gasteiger partial charge in [-0.2, -0.15) is 0 Å². The second-order valence-electron chi connectivity index (χ2n) is 18.4. The van der Waals surface area contributed by atoms with Crippen LogP contribution in [0.1, 0.15) is 0 Å². The third kappa shape index (κ3) is 6.77. The van der Waals surface area contributed by atoms with Crippen LogP contribution in [0.2, 0.25) is 0 Å². The molecule has 0 aliphatic carbocycles. The van der Waals surface area contributed by atoms with Crippen molar-refractivity contribution in [2.24, 2.45) is 0 Å². The lowest BCUT2D eigenvalue weighted by molar-refractivity contribution is 1.10. The van der Waals surface area contributed by atoms with Gasteiger partial charge in [0.2, 0.25) is 0 Å². The first kappa shape index (κ1) is 41.0. The van der Waals surface area contributed by atoms with Crippen molar-refractivity contribution in [3.63, 3.8) is 0 Å². The molecule has 332 valence electrons. The molecule has 71 heavy (non-hydrogen) atoms. The summed E-state index contributed by atoms with van der Waals surface area (Å²) in [5.41, 5.74) is 16.4. The van der Waals surface area contributed by atoms with Gasteiger partial charge in [0.1, 0.15) is 0 Å². The first-order valence-corrected chi connectivity index (χ1v) is 25.1. The summed E-state index contributed by atoms with van der Waals surface area (Å²) in [6.45, 7) is 0. The van der Waals surface area contributed by atoms with Crippen molar-refractivity contribution in [3.05, 3.63) is 267 Å². The lowest BCUT2D eigenvalue weighted by atomic mass is 9.83. The van der Waals surface area contributed by atoms with Crippen molar-refractivity contribution in [2.45, 2.75) is 0 Å². The number of rotatable bonds is 8. The van der Waals surface area contributed by atoms with Crippen LogP contribution in [0.3, 0.4) is 0 Å². The van der Waals surface area contributed by atoms with Crippen molar-refractivity contribution in [3.8, 4) is 78.7 Å². The van der Waals surface area contributed by atoms with Crippen molar-refractivity contribution in [1.29, 1.82) is 0 Å². The quantitative estimate of drug-likeness (QED) is 0.134. The fourth-order valence-corrected chi connectivity index (χ4v) is 12.4. The summed E-state index contributed by atoms with van der Waals surface area (Å²) in [7, 11) is 0. The molecule has 0 saturated carbocycles. The first-order chi connectivity index (χ1) is 35.2. The molecule has 0 radical (unpaired) electrons. The molecule has 3 aromatic heterocycles. The summed E-state index contributed by atoms with van der Waals surface area (Å²) in [4.78, 5) is 0. The molecule has 0 unspecified atom stereocenters. The Kier molecular flexibility index (Phi) is 9.75. The van der Waals surface area contributed by atoms with Crippen molar-refractivity contribution < 1.29 is 0 Å². The highest BCUT2D eigenvalue weighted by Gasteiger charge is 2.24. The summed E-state index contributed by atoms with van der Waals surface area (Å²) in [5, 5.41) is 9.84. The molecule has 14 aromatic rings. The Morgan fingerprint density at radius 1 is 0.254 bits per heavy atom. The van der Waals surface area contributed by atoms with Crippen LogP contribution in [0.15, 0.2) is 267 Å². The van der Waals surface area contributed by atoms with Crippen LogP contribution < -0.4 is 0 Å². The molecule has 14 rings (SSSR count). The molecule has 0 atom stereocenters. The Bertz CT molecular complexity index is 4190. The van der Waals surface area contributed by atoms with E-state index in [0.717, 1.165) is 34.2 Å². The number of hydrogen-bond acceptors (Lipinski definition) is 1. The predicted molar refractivity (Wildman–Crippen MR) is 303 cm³/mol. The van der Waals surface area contributed by atoms with Crippen LogP contribution in [-0.4, -0.2) is 9.13 Å². The normalized spacial score (nSPS) is 11.7. The summed E-state index contributed by atoms with van der Waals surface area (Å²) in [6, 6.07) is 98.3. The van der Waals surface area contributed by atoms with E-state index in [1.54, 1.807) is 0 Å². The highest BCUT2D eigenvalue weighted by Crippen LogP contribution is 2.50. The van der Waals surface area contributed by atoms with E-state index in [9.17, 15) is 0 Å². The van der Waals surface area contributed by atoms with Gasteiger partial charge < -0.3 is 9.13 Å². The highest BCUT2D eigenvalue weighted by atomic mass is 32.1. The standard InChI is InChI=1S/C68H44N2S/c1-5-20-46(21-6-1)60-39-40-61(47-22-7-2-8-23-47)69(60)50-36-38-55-58(43-50)66(53-31-17-28-45-19-13-14-29-52(45)53)54-37-35-51(70-62(48-24-9-3-10-25-48)41-42-63(70)49-26-11-4-12-27-49)44-59(54)67(55)57-32-18-34-65-68(57)56-30-15-16-33-64(56)71-65/h1-44H. The molecule has 0 spiro atoms. The lowest BCUT2D eigenvalue weighted by Gasteiger charge is -2.23. The zero-order chi connectivity index (χ0) is 46.8. The zero-order valence-corrected chi connectivity index (χ0v) is 39.5. The number of aromatic nitrogens is 2. The second-order valence-corrected chi connectivity index (χ2v) is 19.4. The number of nitrogens with zero attached hydrogens (tertiary/aromatic N) is 2. The molecule has 0 aliphatic rings. The molecule has 0 bridgehead atoms. The monoisotopic (exact) mass is 920 g/mol. The Labute approximate surface area is 416 Å². The fraction of sp³-hybridized carbons (Fsp3) is 0. The Morgan fingerprint density at radius 2 is 0.648 bits per heavy atom. The number of fused-ring (bicyclic) bond motifs is 6. The average molecular weight is 921 g/mol. The van der Waals surface area contributed by atoms with Crippen LogP contribution in [-0.2, 0) is 0 Å². The summed E-state index contributed by atoms with van der Waals surface area (Å²) < 4.78 is 7.49. The molecule has 0 fully saturated rings. The van der Waals surface area contributed by atoms with Gasteiger partial charge in [0.15, 0.2) is 0 Å². The van der Waals surface area contributed by atoms with Crippen molar-refractivity contribution in [1.82, 2.24) is 9.13 Å².